The first-order valence-corrected chi connectivity index (χ1v) is 5.97. The number of para-hydroxylation sites is 2. The van der Waals surface area contributed by atoms with Gasteiger partial charge in [-0.15, -0.1) is 0 Å². The maximum absolute atomic E-state index is 12.6. The number of benzene rings is 1. The van der Waals surface area contributed by atoms with Crippen LogP contribution in [0.15, 0.2) is 24.3 Å². The van der Waals surface area contributed by atoms with Crippen molar-refractivity contribution in [2.75, 3.05) is 25.1 Å². The van der Waals surface area contributed by atoms with Gasteiger partial charge in [-0.25, -0.2) is 0 Å². The SMILES string of the molecule is COc1ccccc1N1CCC(C(F)(F)F)CC1. The van der Waals surface area contributed by atoms with E-state index in [-0.39, 0.29) is 12.8 Å². The lowest BCUT2D eigenvalue weighted by atomic mass is 9.96. The van der Waals surface area contributed by atoms with Crippen molar-refractivity contribution in [1.29, 1.82) is 0 Å². The van der Waals surface area contributed by atoms with E-state index in [2.05, 4.69) is 0 Å². The molecule has 2 nitrogen and oxygen atoms in total. The minimum Gasteiger partial charge on any atom is -0.495 e. The third-order valence-electron chi connectivity index (χ3n) is 3.38. The Balaban J connectivity index is 2.06. The number of anilines is 1. The fourth-order valence-corrected chi connectivity index (χ4v) is 2.34. The van der Waals surface area contributed by atoms with Crippen molar-refractivity contribution in [3.8, 4) is 5.75 Å². The molecule has 1 aliphatic rings. The van der Waals surface area contributed by atoms with Gasteiger partial charge in [0.25, 0.3) is 0 Å². The second-order valence-electron chi connectivity index (χ2n) is 4.47. The Bertz CT molecular complexity index is 397. The average Bonchev–Trinajstić information content (AvgIpc) is 2.38. The normalized spacial score (nSPS) is 17.9. The molecule has 1 saturated heterocycles. The van der Waals surface area contributed by atoms with Crippen LogP contribution in [0.2, 0.25) is 0 Å². The molecule has 1 aliphatic heterocycles. The summed E-state index contributed by atoms with van der Waals surface area (Å²) < 4.78 is 42.9. The van der Waals surface area contributed by atoms with Gasteiger partial charge in [-0.3, -0.25) is 0 Å². The number of hydrogen-bond acceptors (Lipinski definition) is 2. The minimum atomic E-state index is -4.06. The maximum Gasteiger partial charge on any atom is 0.391 e. The van der Waals surface area contributed by atoms with Crippen LogP contribution in [0.3, 0.4) is 0 Å². The first-order chi connectivity index (χ1) is 8.52. The van der Waals surface area contributed by atoms with Gasteiger partial charge < -0.3 is 9.64 Å². The molecule has 0 unspecified atom stereocenters. The van der Waals surface area contributed by atoms with Crippen LogP contribution in [0.4, 0.5) is 18.9 Å². The first kappa shape index (κ1) is 13.1. The number of halogens is 3. The van der Waals surface area contributed by atoms with Gasteiger partial charge >= 0.3 is 6.18 Å². The lowest BCUT2D eigenvalue weighted by Gasteiger charge is -2.35. The predicted octanol–water partition coefficient (Wildman–Crippen LogP) is 3.47. The number of rotatable bonds is 2. The summed E-state index contributed by atoms with van der Waals surface area (Å²) in [4.78, 5) is 1.96. The Morgan fingerprint density at radius 1 is 1.17 bits per heavy atom. The molecule has 100 valence electrons. The van der Waals surface area contributed by atoms with Crippen molar-refractivity contribution in [2.45, 2.75) is 19.0 Å². The van der Waals surface area contributed by atoms with Gasteiger partial charge in [-0.05, 0) is 25.0 Å². The average molecular weight is 259 g/mol. The molecule has 1 fully saturated rings. The van der Waals surface area contributed by atoms with Crippen LogP contribution in [-0.2, 0) is 0 Å². The van der Waals surface area contributed by atoms with Crippen LogP contribution in [0.1, 0.15) is 12.8 Å². The third-order valence-corrected chi connectivity index (χ3v) is 3.38. The highest BCUT2D eigenvalue weighted by Gasteiger charge is 2.41. The summed E-state index contributed by atoms with van der Waals surface area (Å²) >= 11 is 0. The lowest BCUT2D eigenvalue weighted by Crippen LogP contribution is -2.39. The zero-order chi connectivity index (χ0) is 13.2. The molecule has 5 heteroatoms. The maximum atomic E-state index is 12.6. The smallest absolute Gasteiger partial charge is 0.391 e. The van der Waals surface area contributed by atoms with Gasteiger partial charge in [0.05, 0.1) is 18.7 Å². The number of piperidine rings is 1. The van der Waals surface area contributed by atoms with Crippen molar-refractivity contribution >= 4 is 5.69 Å². The van der Waals surface area contributed by atoms with Crippen molar-refractivity contribution < 1.29 is 17.9 Å². The zero-order valence-corrected chi connectivity index (χ0v) is 10.2. The Labute approximate surface area is 104 Å². The van der Waals surface area contributed by atoms with E-state index in [1.54, 1.807) is 7.11 Å². The summed E-state index contributed by atoms with van der Waals surface area (Å²) in [5.41, 5.74) is 0.876. The molecule has 0 aromatic heterocycles. The van der Waals surface area contributed by atoms with Gasteiger partial charge in [0.15, 0.2) is 0 Å². The molecule has 0 atom stereocenters. The summed E-state index contributed by atoms with van der Waals surface area (Å²) in [5.74, 6) is -0.452. The Hall–Kier alpha value is -1.39. The molecule has 0 N–H and O–H groups in total. The largest absolute Gasteiger partial charge is 0.495 e. The molecular weight excluding hydrogens is 243 g/mol. The van der Waals surface area contributed by atoms with E-state index < -0.39 is 12.1 Å². The topological polar surface area (TPSA) is 12.5 Å². The van der Waals surface area contributed by atoms with E-state index >= 15 is 0 Å². The Morgan fingerprint density at radius 2 is 1.78 bits per heavy atom. The molecule has 1 heterocycles. The standard InChI is InChI=1S/C13H16F3NO/c1-18-12-5-3-2-4-11(12)17-8-6-10(7-9-17)13(14,15)16/h2-5,10H,6-9H2,1H3. The van der Waals surface area contributed by atoms with Crippen LogP contribution in [-0.4, -0.2) is 26.4 Å². The van der Waals surface area contributed by atoms with Crippen molar-refractivity contribution in [2.24, 2.45) is 5.92 Å². The van der Waals surface area contributed by atoms with Crippen LogP contribution in [0, 0.1) is 5.92 Å². The highest BCUT2D eigenvalue weighted by Crippen LogP contribution is 2.37. The second kappa shape index (κ2) is 5.08. The van der Waals surface area contributed by atoms with E-state index in [0.29, 0.717) is 18.8 Å². The highest BCUT2D eigenvalue weighted by atomic mass is 19.4. The van der Waals surface area contributed by atoms with E-state index in [1.165, 1.54) is 0 Å². The molecular formula is C13H16F3NO. The zero-order valence-electron chi connectivity index (χ0n) is 10.2. The summed E-state index contributed by atoms with van der Waals surface area (Å²) in [6.45, 7) is 0.842. The fourth-order valence-electron chi connectivity index (χ4n) is 2.34. The number of ether oxygens (including phenoxy) is 1. The van der Waals surface area contributed by atoms with E-state index in [1.807, 2.05) is 29.2 Å². The Morgan fingerprint density at radius 3 is 2.33 bits per heavy atom. The van der Waals surface area contributed by atoms with Crippen LogP contribution < -0.4 is 9.64 Å². The predicted molar refractivity (Wildman–Crippen MR) is 64.0 cm³/mol. The first-order valence-electron chi connectivity index (χ1n) is 5.97. The van der Waals surface area contributed by atoms with Gasteiger partial charge in [0.1, 0.15) is 5.75 Å². The molecule has 0 aliphatic carbocycles. The van der Waals surface area contributed by atoms with Gasteiger partial charge in [0.2, 0.25) is 0 Å². The molecule has 0 amide bonds. The Kier molecular flexibility index (Phi) is 3.68. The molecule has 0 saturated carbocycles. The summed E-state index contributed by atoms with van der Waals surface area (Å²) in [6.07, 6.45) is -3.75. The fraction of sp³-hybridized carbons (Fsp3) is 0.538. The molecule has 0 radical (unpaired) electrons. The van der Waals surface area contributed by atoms with Crippen LogP contribution >= 0.6 is 0 Å². The summed E-state index contributed by atoms with van der Waals surface area (Å²) in [7, 11) is 1.57. The third kappa shape index (κ3) is 2.71. The molecule has 18 heavy (non-hydrogen) atoms. The van der Waals surface area contributed by atoms with Crippen molar-refractivity contribution in [1.82, 2.24) is 0 Å². The molecule has 1 aromatic rings. The second-order valence-corrected chi connectivity index (χ2v) is 4.47. The molecule has 0 spiro atoms. The summed E-state index contributed by atoms with van der Waals surface area (Å²) in [5, 5.41) is 0. The van der Waals surface area contributed by atoms with Gasteiger partial charge in [0, 0.05) is 13.1 Å². The quantitative estimate of drug-likeness (QED) is 0.806. The number of hydrogen-bond donors (Lipinski definition) is 0. The number of nitrogens with zero attached hydrogens (tertiary/aromatic N) is 1. The minimum absolute atomic E-state index is 0.154. The molecule has 0 bridgehead atoms. The van der Waals surface area contributed by atoms with E-state index in [4.69, 9.17) is 4.74 Å². The van der Waals surface area contributed by atoms with Gasteiger partial charge in [-0.1, -0.05) is 12.1 Å². The van der Waals surface area contributed by atoms with Crippen molar-refractivity contribution in [3.63, 3.8) is 0 Å². The van der Waals surface area contributed by atoms with E-state index in [0.717, 1.165) is 5.69 Å². The van der Waals surface area contributed by atoms with Crippen LogP contribution in [0.25, 0.3) is 0 Å². The van der Waals surface area contributed by atoms with E-state index in [9.17, 15) is 13.2 Å². The monoisotopic (exact) mass is 259 g/mol. The molecule has 2 rings (SSSR count). The summed E-state index contributed by atoms with van der Waals surface area (Å²) in [6, 6.07) is 7.43. The highest BCUT2D eigenvalue weighted by molar-refractivity contribution is 5.58. The lowest BCUT2D eigenvalue weighted by molar-refractivity contribution is -0.179. The number of alkyl halides is 3. The van der Waals surface area contributed by atoms with Crippen LogP contribution in [0.5, 0.6) is 5.75 Å². The van der Waals surface area contributed by atoms with Gasteiger partial charge in [-0.2, -0.15) is 13.2 Å². The number of methoxy groups -OCH3 is 1. The molecule has 1 aromatic carbocycles. The van der Waals surface area contributed by atoms with Crippen molar-refractivity contribution in [3.05, 3.63) is 24.3 Å².